The number of para-hydroxylation sites is 1. The second kappa shape index (κ2) is 9.11. The van der Waals surface area contributed by atoms with Crippen LogP contribution in [0.15, 0.2) is 48.5 Å². The van der Waals surface area contributed by atoms with E-state index >= 15 is 0 Å². The molecule has 1 atom stereocenters. The summed E-state index contributed by atoms with van der Waals surface area (Å²) in [6.45, 7) is 7.88. The van der Waals surface area contributed by atoms with Crippen LogP contribution in [-0.2, 0) is 4.79 Å². The Morgan fingerprint density at radius 2 is 1.78 bits per heavy atom. The van der Waals surface area contributed by atoms with Crippen molar-refractivity contribution in [2.45, 2.75) is 19.9 Å². The fraction of sp³-hybridized carbons (Fsp3) is 0.381. The van der Waals surface area contributed by atoms with E-state index in [1.165, 1.54) is 0 Å². The van der Waals surface area contributed by atoms with Gasteiger partial charge in [-0.05, 0) is 50.2 Å². The average molecular weight is 388 g/mol. The van der Waals surface area contributed by atoms with Crippen molar-refractivity contribution in [1.82, 2.24) is 4.90 Å². The van der Waals surface area contributed by atoms with Crippen molar-refractivity contribution < 1.29 is 9.53 Å². The van der Waals surface area contributed by atoms with Gasteiger partial charge in [-0.1, -0.05) is 23.7 Å². The van der Waals surface area contributed by atoms with Gasteiger partial charge in [-0.15, -0.1) is 0 Å². The molecule has 0 spiro atoms. The number of ether oxygens (including phenoxy) is 1. The number of rotatable bonds is 6. The van der Waals surface area contributed by atoms with Crippen LogP contribution in [0.2, 0.25) is 5.02 Å². The molecule has 0 bridgehead atoms. The first-order chi connectivity index (χ1) is 13.1. The fourth-order valence-electron chi connectivity index (χ4n) is 3.27. The van der Waals surface area contributed by atoms with Gasteiger partial charge in [0.25, 0.3) is 0 Å². The van der Waals surface area contributed by atoms with Gasteiger partial charge < -0.3 is 15.0 Å². The number of anilines is 2. The SMILES string of the molecule is CCOc1ccc(NC(=O)[C@@H](C)N2CCN(c3ccccc3Cl)CC2)cc1. The van der Waals surface area contributed by atoms with E-state index in [0.29, 0.717) is 6.61 Å². The minimum atomic E-state index is -0.190. The highest BCUT2D eigenvalue weighted by Crippen LogP contribution is 2.26. The van der Waals surface area contributed by atoms with Crippen LogP contribution >= 0.6 is 11.6 Å². The number of carbonyl (C=O) groups excluding carboxylic acids is 1. The lowest BCUT2D eigenvalue weighted by atomic mass is 10.2. The number of amides is 1. The maximum atomic E-state index is 12.6. The van der Waals surface area contributed by atoms with Gasteiger partial charge >= 0.3 is 0 Å². The number of nitrogens with one attached hydrogen (secondary N) is 1. The zero-order chi connectivity index (χ0) is 19.2. The molecule has 1 heterocycles. The molecule has 2 aromatic carbocycles. The van der Waals surface area contributed by atoms with Crippen LogP contribution in [0, 0.1) is 0 Å². The second-order valence-electron chi connectivity index (χ2n) is 6.60. The molecule has 0 saturated carbocycles. The quantitative estimate of drug-likeness (QED) is 0.816. The molecule has 1 saturated heterocycles. The summed E-state index contributed by atoms with van der Waals surface area (Å²) in [7, 11) is 0. The lowest BCUT2D eigenvalue weighted by Gasteiger charge is -2.38. The first kappa shape index (κ1) is 19.5. The van der Waals surface area contributed by atoms with E-state index in [1.807, 2.05) is 62.4 Å². The van der Waals surface area contributed by atoms with E-state index in [4.69, 9.17) is 16.3 Å². The number of halogens is 1. The van der Waals surface area contributed by atoms with Crippen LogP contribution < -0.4 is 15.0 Å². The number of piperazine rings is 1. The Morgan fingerprint density at radius 1 is 1.11 bits per heavy atom. The molecule has 27 heavy (non-hydrogen) atoms. The Labute approximate surface area is 165 Å². The third-order valence-corrected chi connectivity index (χ3v) is 5.19. The number of carbonyl (C=O) groups is 1. The molecule has 144 valence electrons. The summed E-state index contributed by atoms with van der Waals surface area (Å²) in [6.07, 6.45) is 0. The molecule has 1 N–H and O–H groups in total. The van der Waals surface area contributed by atoms with Crippen molar-refractivity contribution in [1.29, 1.82) is 0 Å². The van der Waals surface area contributed by atoms with Crippen LogP contribution in [0.4, 0.5) is 11.4 Å². The fourth-order valence-corrected chi connectivity index (χ4v) is 3.53. The van der Waals surface area contributed by atoms with Gasteiger partial charge in [-0.3, -0.25) is 9.69 Å². The molecule has 1 aliphatic heterocycles. The van der Waals surface area contributed by atoms with E-state index in [9.17, 15) is 4.79 Å². The van der Waals surface area contributed by atoms with Crippen LogP contribution in [-0.4, -0.2) is 49.6 Å². The van der Waals surface area contributed by atoms with E-state index < -0.39 is 0 Å². The van der Waals surface area contributed by atoms with Gasteiger partial charge in [-0.25, -0.2) is 0 Å². The summed E-state index contributed by atoms with van der Waals surface area (Å²) >= 11 is 6.30. The van der Waals surface area contributed by atoms with Gasteiger partial charge in [-0.2, -0.15) is 0 Å². The van der Waals surface area contributed by atoms with Gasteiger partial charge in [0.2, 0.25) is 5.91 Å². The van der Waals surface area contributed by atoms with Crippen LogP contribution in [0.1, 0.15) is 13.8 Å². The highest BCUT2D eigenvalue weighted by molar-refractivity contribution is 6.33. The molecule has 1 aliphatic rings. The molecule has 2 aromatic rings. The van der Waals surface area contributed by atoms with E-state index in [-0.39, 0.29) is 11.9 Å². The van der Waals surface area contributed by atoms with E-state index in [1.54, 1.807) is 0 Å². The lowest BCUT2D eigenvalue weighted by molar-refractivity contribution is -0.120. The second-order valence-corrected chi connectivity index (χ2v) is 7.00. The smallest absolute Gasteiger partial charge is 0.241 e. The molecule has 0 aliphatic carbocycles. The van der Waals surface area contributed by atoms with Crippen molar-refractivity contribution in [2.75, 3.05) is 43.0 Å². The average Bonchev–Trinajstić information content (AvgIpc) is 2.70. The predicted octanol–water partition coefficient (Wildman–Crippen LogP) is 3.89. The topological polar surface area (TPSA) is 44.8 Å². The Morgan fingerprint density at radius 3 is 2.41 bits per heavy atom. The number of hydrogen-bond acceptors (Lipinski definition) is 4. The maximum absolute atomic E-state index is 12.6. The van der Waals surface area contributed by atoms with E-state index in [2.05, 4.69) is 15.1 Å². The number of hydrogen-bond donors (Lipinski definition) is 1. The molecule has 0 unspecified atom stereocenters. The molecular formula is C21H26ClN3O2. The Hall–Kier alpha value is -2.24. The predicted molar refractivity (Wildman–Crippen MR) is 111 cm³/mol. The Kier molecular flexibility index (Phi) is 6.58. The minimum Gasteiger partial charge on any atom is -0.494 e. The molecule has 0 radical (unpaired) electrons. The summed E-state index contributed by atoms with van der Waals surface area (Å²) in [5.41, 5.74) is 1.84. The molecule has 1 amide bonds. The molecule has 1 fully saturated rings. The van der Waals surface area contributed by atoms with Gasteiger partial charge in [0.05, 0.1) is 23.4 Å². The highest BCUT2D eigenvalue weighted by Gasteiger charge is 2.26. The summed E-state index contributed by atoms with van der Waals surface area (Å²) in [5.74, 6) is 0.810. The van der Waals surface area contributed by atoms with Crippen molar-refractivity contribution >= 4 is 28.9 Å². The first-order valence-corrected chi connectivity index (χ1v) is 9.73. The van der Waals surface area contributed by atoms with Crippen molar-refractivity contribution in [3.63, 3.8) is 0 Å². The van der Waals surface area contributed by atoms with Crippen LogP contribution in [0.5, 0.6) is 5.75 Å². The number of benzene rings is 2. The van der Waals surface area contributed by atoms with Gasteiger partial charge in [0.15, 0.2) is 0 Å². The molecule has 0 aromatic heterocycles. The highest BCUT2D eigenvalue weighted by atomic mass is 35.5. The summed E-state index contributed by atoms with van der Waals surface area (Å²) in [5, 5.41) is 3.76. The van der Waals surface area contributed by atoms with Crippen LogP contribution in [0.3, 0.4) is 0 Å². The molecule has 3 rings (SSSR count). The van der Waals surface area contributed by atoms with Crippen molar-refractivity contribution in [2.24, 2.45) is 0 Å². The van der Waals surface area contributed by atoms with Gasteiger partial charge in [0.1, 0.15) is 5.75 Å². The summed E-state index contributed by atoms with van der Waals surface area (Å²) in [6, 6.07) is 15.2. The Bertz CT molecular complexity index is 758. The lowest BCUT2D eigenvalue weighted by Crippen LogP contribution is -2.52. The first-order valence-electron chi connectivity index (χ1n) is 9.35. The summed E-state index contributed by atoms with van der Waals surface area (Å²) in [4.78, 5) is 17.1. The summed E-state index contributed by atoms with van der Waals surface area (Å²) < 4.78 is 5.43. The third-order valence-electron chi connectivity index (χ3n) is 4.87. The van der Waals surface area contributed by atoms with Gasteiger partial charge in [0, 0.05) is 31.9 Å². The standard InChI is InChI=1S/C21H26ClN3O2/c1-3-27-18-10-8-17(9-11-18)23-21(26)16(2)24-12-14-25(15-13-24)20-7-5-4-6-19(20)22/h4-11,16H,3,12-15H2,1-2H3,(H,23,26)/t16-/m1/s1. The maximum Gasteiger partial charge on any atom is 0.241 e. The third kappa shape index (κ3) is 4.93. The zero-order valence-corrected chi connectivity index (χ0v) is 16.6. The number of nitrogens with zero attached hydrogens (tertiary/aromatic N) is 2. The molecule has 6 heteroatoms. The minimum absolute atomic E-state index is 0.00496. The van der Waals surface area contributed by atoms with Crippen LogP contribution in [0.25, 0.3) is 0 Å². The Balaban J connectivity index is 1.53. The zero-order valence-electron chi connectivity index (χ0n) is 15.8. The normalized spacial score (nSPS) is 16.0. The molecular weight excluding hydrogens is 362 g/mol. The van der Waals surface area contributed by atoms with Crippen molar-refractivity contribution in [3.8, 4) is 5.75 Å². The molecule has 5 nitrogen and oxygen atoms in total. The monoisotopic (exact) mass is 387 g/mol. The van der Waals surface area contributed by atoms with Crippen molar-refractivity contribution in [3.05, 3.63) is 53.6 Å². The van der Waals surface area contributed by atoms with E-state index in [0.717, 1.165) is 48.3 Å². The largest absolute Gasteiger partial charge is 0.494 e.